The van der Waals surface area contributed by atoms with Crippen molar-refractivity contribution >= 4 is 5.91 Å². The van der Waals surface area contributed by atoms with E-state index in [1.54, 1.807) is 11.9 Å². The van der Waals surface area contributed by atoms with Gasteiger partial charge in [-0.15, -0.1) is 0 Å². The van der Waals surface area contributed by atoms with Crippen LogP contribution in [0.15, 0.2) is 18.2 Å². The van der Waals surface area contributed by atoms with Gasteiger partial charge in [0.2, 0.25) is 5.91 Å². The number of rotatable bonds is 5. The van der Waals surface area contributed by atoms with Crippen molar-refractivity contribution < 1.29 is 4.79 Å². The van der Waals surface area contributed by atoms with Crippen LogP contribution in [0.25, 0.3) is 0 Å². The first-order valence-electron chi connectivity index (χ1n) is 6.21. The van der Waals surface area contributed by atoms with Crippen LogP contribution in [0.3, 0.4) is 0 Å². The highest BCUT2D eigenvalue weighted by Gasteiger charge is 2.08. The largest absolute Gasteiger partial charge is 0.345 e. The highest BCUT2D eigenvalue weighted by molar-refractivity contribution is 5.76. The monoisotopic (exact) mass is 244 g/mol. The molecule has 1 rings (SSSR count). The number of benzene rings is 1. The minimum atomic E-state index is 0.0434. The maximum Gasteiger partial charge on any atom is 0.223 e. The molecule has 0 fully saturated rings. The fraction of sp³-hybridized carbons (Fsp3) is 0.467. The molecule has 0 heterocycles. The van der Waals surface area contributed by atoms with Gasteiger partial charge in [-0.1, -0.05) is 23.8 Å². The molecule has 1 aromatic carbocycles. The Labute approximate surface area is 109 Å². The number of hydrogen-bond acceptors (Lipinski definition) is 2. The molecular formula is C15H20N2O. The molecule has 3 nitrogen and oxygen atoms in total. The van der Waals surface area contributed by atoms with Gasteiger partial charge in [-0.3, -0.25) is 4.79 Å². The Bertz CT molecular complexity index is 460. The first kappa shape index (κ1) is 14.2. The summed E-state index contributed by atoms with van der Waals surface area (Å²) < 4.78 is 0. The number of nitrogens with zero attached hydrogens (tertiary/aromatic N) is 2. The lowest BCUT2D eigenvalue weighted by molar-refractivity contribution is -0.129. The van der Waals surface area contributed by atoms with Crippen molar-refractivity contribution in [1.29, 1.82) is 5.26 Å². The SMILES string of the molecule is Cc1ccc(C)c(CCN(C)C(=O)CCC#N)c1. The fourth-order valence-electron chi connectivity index (χ4n) is 1.84. The third kappa shape index (κ3) is 4.21. The standard InChI is InChI=1S/C15H20N2O/c1-12-6-7-13(2)14(11-12)8-10-17(3)15(18)5-4-9-16/h6-7,11H,4-5,8,10H2,1-3H3. The number of hydrogen-bond donors (Lipinski definition) is 0. The van der Waals surface area contributed by atoms with Crippen molar-refractivity contribution in [3.05, 3.63) is 34.9 Å². The number of likely N-dealkylation sites (N-methyl/N-ethyl adjacent to an activating group) is 1. The van der Waals surface area contributed by atoms with Crippen molar-refractivity contribution in [3.8, 4) is 6.07 Å². The van der Waals surface area contributed by atoms with Crippen molar-refractivity contribution in [2.24, 2.45) is 0 Å². The summed E-state index contributed by atoms with van der Waals surface area (Å²) in [4.78, 5) is 13.4. The molecule has 1 amide bonds. The summed E-state index contributed by atoms with van der Waals surface area (Å²) in [6.07, 6.45) is 1.48. The smallest absolute Gasteiger partial charge is 0.223 e. The van der Waals surface area contributed by atoms with Gasteiger partial charge in [0.15, 0.2) is 0 Å². The molecule has 0 N–H and O–H groups in total. The summed E-state index contributed by atoms with van der Waals surface area (Å²) >= 11 is 0. The van der Waals surface area contributed by atoms with E-state index >= 15 is 0 Å². The summed E-state index contributed by atoms with van der Waals surface area (Å²) in [5.74, 6) is 0.0434. The van der Waals surface area contributed by atoms with Crippen molar-refractivity contribution in [2.75, 3.05) is 13.6 Å². The van der Waals surface area contributed by atoms with Crippen LogP contribution in [0.2, 0.25) is 0 Å². The number of amides is 1. The summed E-state index contributed by atoms with van der Waals surface area (Å²) in [6, 6.07) is 8.38. The van der Waals surface area contributed by atoms with E-state index in [-0.39, 0.29) is 5.91 Å². The Hall–Kier alpha value is -1.82. The van der Waals surface area contributed by atoms with Gasteiger partial charge >= 0.3 is 0 Å². The third-order valence-corrected chi connectivity index (χ3v) is 3.10. The van der Waals surface area contributed by atoms with Gasteiger partial charge < -0.3 is 4.90 Å². The number of nitriles is 1. The predicted octanol–water partition coefficient (Wildman–Crippen LogP) is 2.61. The second kappa shape index (κ2) is 6.80. The topological polar surface area (TPSA) is 44.1 Å². The Morgan fingerprint density at radius 3 is 2.78 bits per heavy atom. The second-order valence-corrected chi connectivity index (χ2v) is 4.65. The van der Waals surface area contributed by atoms with Crippen LogP contribution in [-0.4, -0.2) is 24.4 Å². The molecule has 0 spiro atoms. The molecule has 0 aliphatic carbocycles. The Kier molecular flexibility index (Phi) is 5.38. The lowest BCUT2D eigenvalue weighted by atomic mass is 10.0. The van der Waals surface area contributed by atoms with E-state index in [1.807, 2.05) is 6.07 Å². The lowest BCUT2D eigenvalue weighted by Crippen LogP contribution is -2.28. The third-order valence-electron chi connectivity index (χ3n) is 3.10. The van der Waals surface area contributed by atoms with E-state index in [0.717, 1.165) is 6.42 Å². The van der Waals surface area contributed by atoms with Crippen LogP contribution in [0.1, 0.15) is 29.5 Å². The molecular weight excluding hydrogens is 224 g/mol. The van der Waals surface area contributed by atoms with Crippen molar-refractivity contribution in [1.82, 2.24) is 4.90 Å². The second-order valence-electron chi connectivity index (χ2n) is 4.65. The summed E-state index contributed by atoms with van der Waals surface area (Å²) in [5.41, 5.74) is 3.79. The van der Waals surface area contributed by atoms with Crippen LogP contribution in [0.4, 0.5) is 0 Å². The van der Waals surface area contributed by atoms with Gasteiger partial charge in [-0.2, -0.15) is 5.26 Å². The Morgan fingerprint density at radius 2 is 2.11 bits per heavy atom. The average molecular weight is 244 g/mol. The molecule has 0 aliphatic rings. The van der Waals surface area contributed by atoms with Crippen LogP contribution in [0.5, 0.6) is 0 Å². The van der Waals surface area contributed by atoms with E-state index in [4.69, 9.17) is 5.26 Å². The van der Waals surface area contributed by atoms with Crippen LogP contribution in [0, 0.1) is 25.2 Å². The minimum absolute atomic E-state index is 0.0434. The van der Waals surface area contributed by atoms with Gasteiger partial charge in [0.25, 0.3) is 0 Å². The Balaban J connectivity index is 2.52. The molecule has 0 aromatic heterocycles. The van der Waals surface area contributed by atoms with Gasteiger partial charge in [0.1, 0.15) is 0 Å². The maximum absolute atomic E-state index is 11.6. The summed E-state index contributed by atoms with van der Waals surface area (Å²) in [6.45, 7) is 4.87. The van der Waals surface area contributed by atoms with Gasteiger partial charge in [-0.05, 0) is 31.4 Å². The van der Waals surface area contributed by atoms with E-state index in [0.29, 0.717) is 19.4 Å². The zero-order valence-corrected chi connectivity index (χ0v) is 11.4. The first-order valence-corrected chi connectivity index (χ1v) is 6.21. The molecule has 0 radical (unpaired) electrons. The molecule has 0 aliphatic heterocycles. The van der Waals surface area contributed by atoms with Crippen molar-refractivity contribution in [2.45, 2.75) is 33.1 Å². The number of carbonyl (C=O) groups is 1. The summed E-state index contributed by atoms with van der Waals surface area (Å²) in [7, 11) is 1.80. The molecule has 0 unspecified atom stereocenters. The van der Waals surface area contributed by atoms with Crippen LogP contribution >= 0.6 is 0 Å². The fourth-order valence-corrected chi connectivity index (χ4v) is 1.84. The molecule has 0 saturated heterocycles. The quantitative estimate of drug-likeness (QED) is 0.799. The molecule has 0 atom stereocenters. The highest BCUT2D eigenvalue weighted by Crippen LogP contribution is 2.11. The highest BCUT2D eigenvalue weighted by atomic mass is 16.2. The zero-order chi connectivity index (χ0) is 13.5. The zero-order valence-electron chi connectivity index (χ0n) is 11.4. The molecule has 0 bridgehead atoms. The van der Waals surface area contributed by atoms with E-state index < -0.39 is 0 Å². The number of carbonyl (C=O) groups excluding carboxylic acids is 1. The Morgan fingerprint density at radius 1 is 1.39 bits per heavy atom. The van der Waals surface area contributed by atoms with Crippen molar-refractivity contribution in [3.63, 3.8) is 0 Å². The average Bonchev–Trinajstić information content (AvgIpc) is 2.36. The molecule has 18 heavy (non-hydrogen) atoms. The van der Waals surface area contributed by atoms with Gasteiger partial charge in [-0.25, -0.2) is 0 Å². The van der Waals surface area contributed by atoms with E-state index in [2.05, 4.69) is 32.0 Å². The normalized spacial score (nSPS) is 9.89. The van der Waals surface area contributed by atoms with Gasteiger partial charge in [0, 0.05) is 26.4 Å². The van der Waals surface area contributed by atoms with E-state index in [1.165, 1.54) is 16.7 Å². The minimum Gasteiger partial charge on any atom is -0.345 e. The molecule has 0 saturated carbocycles. The number of aryl methyl sites for hydroxylation is 2. The molecule has 96 valence electrons. The van der Waals surface area contributed by atoms with Crippen LogP contribution in [-0.2, 0) is 11.2 Å². The van der Waals surface area contributed by atoms with Gasteiger partial charge in [0.05, 0.1) is 6.07 Å². The lowest BCUT2D eigenvalue weighted by Gasteiger charge is -2.17. The predicted molar refractivity (Wildman–Crippen MR) is 72.1 cm³/mol. The summed E-state index contributed by atoms with van der Waals surface area (Å²) in [5, 5.41) is 8.45. The maximum atomic E-state index is 11.6. The molecule has 3 heteroatoms. The van der Waals surface area contributed by atoms with Crippen LogP contribution < -0.4 is 0 Å². The first-order chi connectivity index (χ1) is 8.54. The molecule has 1 aromatic rings. The van der Waals surface area contributed by atoms with E-state index in [9.17, 15) is 4.79 Å².